The fourth-order valence-corrected chi connectivity index (χ4v) is 7.32. The van der Waals surface area contributed by atoms with Crippen molar-refractivity contribution in [3.8, 4) is 17.2 Å². The Bertz CT molecular complexity index is 2100. The van der Waals surface area contributed by atoms with Crippen LogP contribution in [0.4, 0.5) is 0 Å². The molecule has 1 saturated heterocycles. The van der Waals surface area contributed by atoms with Crippen LogP contribution in [0.2, 0.25) is 0 Å². The Morgan fingerprint density at radius 2 is 1.67 bits per heavy atom. The lowest BCUT2D eigenvalue weighted by Crippen LogP contribution is -2.53. The number of Topliss-reactive ketones (excluding diaryl/α,β-unsaturated/α-hetero) is 1. The zero-order valence-electron chi connectivity index (χ0n) is 31.5. The molecule has 58 heavy (non-hydrogen) atoms. The molecule has 0 spiro atoms. The SMILES string of the molecule is COc1cccc2c1C(=O)c1c(O)c3c(c(O)c1C2=O)C[C@@](O)(C(=O)CO)C[C@@H]3O[C@H]1C[C@H](N)[C@H](O)[C@H](C)O1.NC(=O)CCC(NC(=O)Cc1ccccc1)C(=O)O. The van der Waals surface area contributed by atoms with E-state index in [1.165, 1.54) is 25.3 Å². The first kappa shape index (κ1) is 43.4. The molecule has 310 valence electrons. The van der Waals surface area contributed by atoms with Crippen molar-refractivity contribution in [2.24, 2.45) is 11.5 Å². The molecule has 2 amide bonds. The van der Waals surface area contributed by atoms with Crippen molar-refractivity contribution in [2.75, 3.05) is 13.7 Å². The lowest BCUT2D eigenvalue weighted by Gasteiger charge is -2.42. The van der Waals surface area contributed by atoms with Crippen LogP contribution in [0.25, 0.3) is 0 Å². The smallest absolute Gasteiger partial charge is 0.326 e. The molecule has 6 rings (SSSR count). The molecule has 3 aromatic rings. The van der Waals surface area contributed by atoms with E-state index >= 15 is 0 Å². The van der Waals surface area contributed by atoms with Crippen LogP contribution in [-0.2, 0) is 41.5 Å². The number of carboxylic acid groups (broad SMARTS) is 1. The topological polar surface area (TPSA) is 316 Å². The maximum atomic E-state index is 13.6. The summed E-state index contributed by atoms with van der Waals surface area (Å²) in [4.78, 5) is 73.0. The Labute approximate surface area is 331 Å². The number of nitrogens with two attached hydrogens (primary N) is 2. The molecule has 2 aliphatic carbocycles. The van der Waals surface area contributed by atoms with E-state index in [1.807, 2.05) is 6.07 Å². The Hall–Kier alpha value is -5.76. The molecule has 3 aromatic carbocycles. The summed E-state index contributed by atoms with van der Waals surface area (Å²) in [7, 11) is 1.32. The highest BCUT2D eigenvalue weighted by Crippen LogP contribution is 2.52. The number of ether oxygens (including phenoxy) is 3. The molecule has 18 heteroatoms. The maximum absolute atomic E-state index is 13.6. The molecular weight excluding hydrogens is 762 g/mol. The van der Waals surface area contributed by atoms with Gasteiger partial charge in [0.1, 0.15) is 35.5 Å². The third kappa shape index (κ3) is 8.86. The largest absolute Gasteiger partial charge is 0.507 e. The summed E-state index contributed by atoms with van der Waals surface area (Å²) < 4.78 is 17.0. The van der Waals surface area contributed by atoms with Gasteiger partial charge in [0.15, 0.2) is 17.9 Å². The minimum absolute atomic E-state index is 0.00873. The number of aliphatic hydroxyl groups is 3. The molecule has 0 radical (unpaired) electrons. The summed E-state index contributed by atoms with van der Waals surface area (Å²) in [6.07, 6.45) is -5.11. The monoisotopic (exact) mass is 807 g/mol. The number of fused-ring (bicyclic) bond motifs is 3. The number of ketones is 3. The number of hydrogen-bond acceptors (Lipinski definition) is 15. The molecule has 0 bridgehead atoms. The van der Waals surface area contributed by atoms with Gasteiger partial charge in [0.05, 0.1) is 48.5 Å². The third-order valence-electron chi connectivity index (χ3n) is 10.3. The van der Waals surface area contributed by atoms with Gasteiger partial charge < -0.3 is 61.6 Å². The highest BCUT2D eigenvalue weighted by atomic mass is 16.7. The molecule has 1 unspecified atom stereocenters. The molecule has 18 nitrogen and oxygen atoms in total. The number of phenolic OH excluding ortho intramolecular Hbond substituents is 2. The van der Waals surface area contributed by atoms with Gasteiger partial charge in [-0.25, -0.2) is 4.79 Å². The summed E-state index contributed by atoms with van der Waals surface area (Å²) >= 11 is 0. The van der Waals surface area contributed by atoms with Gasteiger partial charge in [-0.05, 0) is 25.0 Å². The minimum atomic E-state index is -2.24. The predicted octanol–water partition coefficient (Wildman–Crippen LogP) is 0.0653. The van der Waals surface area contributed by atoms with Crippen LogP contribution in [0, 0.1) is 0 Å². The van der Waals surface area contributed by atoms with E-state index < -0.39 is 119 Å². The Balaban J connectivity index is 0.000000284. The van der Waals surface area contributed by atoms with E-state index in [-0.39, 0.29) is 53.7 Å². The Morgan fingerprint density at radius 3 is 2.28 bits per heavy atom. The van der Waals surface area contributed by atoms with Gasteiger partial charge >= 0.3 is 5.97 Å². The number of rotatable bonds is 12. The van der Waals surface area contributed by atoms with Crippen molar-refractivity contribution < 1.29 is 73.6 Å². The van der Waals surface area contributed by atoms with E-state index in [0.717, 1.165) is 5.56 Å². The van der Waals surface area contributed by atoms with Crippen molar-refractivity contribution >= 4 is 35.1 Å². The molecule has 3 aliphatic rings. The second-order valence-corrected chi connectivity index (χ2v) is 14.3. The fourth-order valence-electron chi connectivity index (χ4n) is 7.32. The number of hydrogen-bond donors (Lipinski definition) is 9. The van der Waals surface area contributed by atoms with E-state index in [4.69, 9.17) is 30.8 Å². The first-order chi connectivity index (χ1) is 27.4. The number of phenols is 2. The van der Waals surface area contributed by atoms with Crippen LogP contribution in [0.3, 0.4) is 0 Å². The van der Waals surface area contributed by atoms with Gasteiger partial charge in [-0.2, -0.15) is 0 Å². The van der Waals surface area contributed by atoms with Gasteiger partial charge in [0, 0.05) is 48.4 Å². The number of carbonyl (C=O) groups is 6. The lowest BCUT2D eigenvalue weighted by molar-refractivity contribution is -0.247. The third-order valence-corrected chi connectivity index (χ3v) is 10.3. The number of primary amides is 1. The molecule has 0 saturated carbocycles. The summed E-state index contributed by atoms with van der Waals surface area (Å²) in [5, 5.41) is 65.0. The number of carbonyl (C=O) groups excluding carboxylic acids is 5. The molecule has 11 N–H and O–H groups in total. The zero-order chi connectivity index (χ0) is 42.6. The van der Waals surface area contributed by atoms with Crippen LogP contribution in [0.1, 0.15) is 87.2 Å². The van der Waals surface area contributed by atoms with Gasteiger partial charge in [-0.1, -0.05) is 42.5 Å². The number of aliphatic hydroxyl groups excluding tert-OH is 2. The van der Waals surface area contributed by atoms with Gasteiger partial charge in [-0.15, -0.1) is 0 Å². The number of aromatic hydroxyl groups is 2. The zero-order valence-corrected chi connectivity index (χ0v) is 31.5. The highest BCUT2D eigenvalue weighted by Gasteiger charge is 2.50. The standard InChI is InChI=1S/C27H29NO11.C13H16N2O4/c1-10-22(31)13(28)6-17(38-10)39-15-8-27(36,16(30)9-29)7-12-19(15)26(35)21-20(24(12)33)23(32)11-4-3-5-14(37-2)18(11)25(21)34;14-11(16)7-6-10(13(18)19)15-12(17)8-9-4-2-1-3-5-9/h3-5,10,13,15,17,22,29,31,33,35-36H,6-9,28H2,1-2H3;1-5,10H,6-8H2,(H2,14,16)(H,15,17)(H,18,19)/t10-,13-,15-,17-,22+,27-;/m0./s1. The Kier molecular flexibility index (Phi) is 13.3. The average molecular weight is 808 g/mol. The lowest BCUT2D eigenvalue weighted by atomic mass is 9.72. The van der Waals surface area contributed by atoms with Crippen molar-refractivity contribution in [3.05, 3.63) is 87.5 Å². The summed E-state index contributed by atoms with van der Waals surface area (Å²) in [6.45, 7) is 0.560. The van der Waals surface area contributed by atoms with E-state index in [2.05, 4.69) is 5.32 Å². The number of aliphatic carboxylic acids is 1. The molecule has 0 aromatic heterocycles. The van der Waals surface area contributed by atoms with Crippen LogP contribution in [-0.4, -0.2) is 116 Å². The maximum Gasteiger partial charge on any atom is 0.326 e. The molecule has 1 heterocycles. The number of methoxy groups -OCH3 is 1. The second-order valence-electron chi connectivity index (χ2n) is 14.3. The van der Waals surface area contributed by atoms with Crippen LogP contribution < -0.4 is 21.5 Å². The Morgan fingerprint density at radius 1 is 1.00 bits per heavy atom. The predicted molar refractivity (Wildman–Crippen MR) is 200 cm³/mol. The second kappa shape index (κ2) is 17.8. The normalized spacial score (nSPS) is 23.9. The van der Waals surface area contributed by atoms with Crippen LogP contribution >= 0.6 is 0 Å². The molecular formula is C40H45N3O15. The molecule has 7 atom stereocenters. The minimum Gasteiger partial charge on any atom is -0.507 e. The number of nitrogens with one attached hydrogen (secondary N) is 1. The first-order valence-corrected chi connectivity index (χ1v) is 18.2. The van der Waals surface area contributed by atoms with E-state index in [0.29, 0.717) is 0 Å². The van der Waals surface area contributed by atoms with Crippen molar-refractivity contribution in [2.45, 2.75) is 87.7 Å². The average Bonchev–Trinajstić information content (AvgIpc) is 3.18. The van der Waals surface area contributed by atoms with Crippen LogP contribution in [0.15, 0.2) is 48.5 Å². The van der Waals surface area contributed by atoms with Gasteiger partial charge in [0.2, 0.25) is 17.6 Å². The fraction of sp³-hybridized carbons (Fsp3) is 0.400. The number of benzene rings is 3. The van der Waals surface area contributed by atoms with Crippen molar-refractivity contribution in [1.82, 2.24) is 5.32 Å². The molecule has 1 fully saturated rings. The summed E-state index contributed by atoms with van der Waals surface area (Å²) in [6, 6.07) is 11.5. The van der Waals surface area contributed by atoms with Crippen LogP contribution in [0.5, 0.6) is 17.2 Å². The van der Waals surface area contributed by atoms with Gasteiger partial charge in [-0.3, -0.25) is 24.0 Å². The number of amides is 2. The van der Waals surface area contributed by atoms with E-state index in [9.17, 15) is 54.3 Å². The number of carboxylic acids is 1. The van der Waals surface area contributed by atoms with Gasteiger partial charge in [0.25, 0.3) is 0 Å². The first-order valence-electron chi connectivity index (χ1n) is 18.2. The van der Waals surface area contributed by atoms with Crippen molar-refractivity contribution in [1.29, 1.82) is 0 Å². The summed E-state index contributed by atoms with van der Waals surface area (Å²) in [5.74, 6) is -5.95. The molecule has 1 aliphatic heterocycles. The summed E-state index contributed by atoms with van der Waals surface area (Å²) in [5.41, 5.74) is 8.12. The van der Waals surface area contributed by atoms with E-state index in [1.54, 1.807) is 31.2 Å². The highest BCUT2D eigenvalue weighted by molar-refractivity contribution is 6.31. The quantitative estimate of drug-likeness (QED) is 0.0855. The van der Waals surface area contributed by atoms with Crippen molar-refractivity contribution in [3.63, 3.8) is 0 Å².